The van der Waals surface area contributed by atoms with Crippen LogP contribution in [0.2, 0.25) is 0 Å². The van der Waals surface area contributed by atoms with Crippen molar-refractivity contribution in [1.82, 2.24) is 9.38 Å². The van der Waals surface area contributed by atoms with Crippen LogP contribution in [-0.4, -0.2) is 27.0 Å². The first-order valence-electron chi connectivity index (χ1n) is 7.68. The van der Waals surface area contributed by atoms with Gasteiger partial charge in [0.15, 0.2) is 11.5 Å². The Bertz CT molecular complexity index is 674. The van der Waals surface area contributed by atoms with E-state index < -0.39 is 5.97 Å². The second-order valence-corrected chi connectivity index (χ2v) is 6.26. The molecule has 2 aromatic heterocycles. The summed E-state index contributed by atoms with van der Waals surface area (Å²) in [6.07, 6.45) is 7.08. The van der Waals surface area contributed by atoms with Gasteiger partial charge in [-0.3, -0.25) is 4.40 Å². The number of carbonyl (C=O) groups is 1. The van der Waals surface area contributed by atoms with Crippen molar-refractivity contribution in [1.29, 1.82) is 0 Å². The molecule has 5 heteroatoms. The minimum Gasteiger partial charge on any atom is -0.476 e. The van der Waals surface area contributed by atoms with Crippen LogP contribution in [0.1, 0.15) is 36.2 Å². The van der Waals surface area contributed by atoms with E-state index in [4.69, 9.17) is 0 Å². The summed E-state index contributed by atoms with van der Waals surface area (Å²) < 4.78 is 1.63. The standard InChI is InChI=1S/C16H19N3O2/c20-16(21)14-15(18-13-3-1-2-8-19(13)14)17-9-12(10-4-5-10)11-6-7-11/h1-3,8,10-12,17H,4-7,9H2,(H,20,21). The highest BCUT2D eigenvalue weighted by molar-refractivity contribution is 5.92. The molecular weight excluding hydrogens is 266 g/mol. The summed E-state index contributed by atoms with van der Waals surface area (Å²) in [5.74, 6) is 1.94. The summed E-state index contributed by atoms with van der Waals surface area (Å²) in [5, 5.41) is 12.8. The normalized spacial score (nSPS) is 18.3. The molecular formula is C16H19N3O2. The molecule has 2 fully saturated rings. The summed E-state index contributed by atoms with van der Waals surface area (Å²) in [6, 6.07) is 5.52. The summed E-state index contributed by atoms with van der Waals surface area (Å²) >= 11 is 0. The predicted octanol–water partition coefficient (Wildman–Crippen LogP) is 2.88. The minimum atomic E-state index is -0.939. The van der Waals surface area contributed by atoms with Gasteiger partial charge in [0, 0.05) is 12.7 Å². The summed E-state index contributed by atoms with van der Waals surface area (Å²) in [6.45, 7) is 0.847. The molecule has 2 N–H and O–H groups in total. The maximum absolute atomic E-state index is 11.5. The number of carboxylic acids is 1. The van der Waals surface area contributed by atoms with Crippen molar-refractivity contribution in [2.24, 2.45) is 17.8 Å². The number of anilines is 1. The zero-order valence-electron chi connectivity index (χ0n) is 11.8. The Morgan fingerprint density at radius 2 is 2.05 bits per heavy atom. The van der Waals surface area contributed by atoms with E-state index in [1.807, 2.05) is 18.2 Å². The van der Waals surface area contributed by atoms with E-state index >= 15 is 0 Å². The Hall–Kier alpha value is -2.04. The number of hydrogen-bond acceptors (Lipinski definition) is 3. The first kappa shape index (κ1) is 12.7. The van der Waals surface area contributed by atoms with Crippen LogP contribution < -0.4 is 5.32 Å². The molecule has 4 rings (SSSR count). The zero-order valence-corrected chi connectivity index (χ0v) is 11.8. The number of carboxylic acid groups (broad SMARTS) is 1. The van der Waals surface area contributed by atoms with Crippen molar-refractivity contribution in [3.63, 3.8) is 0 Å². The van der Waals surface area contributed by atoms with Gasteiger partial charge in [-0.25, -0.2) is 9.78 Å². The van der Waals surface area contributed by atoms with Gasteiger partial charge in [-0.2, -0.15) is 0 Å². The molecule has 0 spiro atoms. The molecule has 21 heavy (non-hydrogen) atoms. The van der Waals surface area contributed by atoms with Gasteiger partial charge < -0.3 is 10.4 Å². The van der Waals surface area contributed by atoms with Gasteiger partial charge in [0.2, 0.25) is 0 Å². The summed E-state index contributed by atoms with van der Waals surface area (Å²) in [4.78, 5) is 16.0. The molecule has 0 saturated heterocycles. The maximum Gasteiger partial charge on any atom is 0.356 e. The molecule has 0 aliphatic heterocycles. The van der Waals surface area contributed by atoms with Crippen LogP contribution in [0, 0.1) is 17.8 Å². The quantitative estimate of drug-likeness (QED) is 0.856. The Labute approximate surface area is 123 Å². The number of nitrogens with one attached hydrogen (secondary N) is 1. The molecule has 0 bridgehead atoms. The fourth-order valence-corrected chi connectivity index (χ4v) is 3.30. The maximum atomic E-state index is 11.5. The van der Waals surface area contributed by atoms with Crippen molar-refractivity contribution >= 4 is 17.4 Å². The Balaban J connectivity index is 1.60. The molecule has 2 aromatic rings. The van der Waals surface area contributed by atoms with Crippen LogP contribution in [-0.2, 0) is 0 Å². The van der Waals surface area contributed by atoms with Gasteiger partial charge in [-0.1, -0.05) is 6.07 Å². The molecule has 0 radical (unpaired) electrons. The van der Waals surface area contributed by atoms with Crippen molar-refractivity contribution in [3.05, 3.63) is 30.1 Å². The summed E-state index contributed by atoms with van der Waals surface area (Å²) in [7, 11) is 0. The Morgan fingerprint density at radius 3 is 2.67 bits per heavy atom. The van der Waals surface area contributed by atoms with Crippen LogP contribution in [0.4, 0.5) is 5.82 Å². The first-order valence-corrected chi connectivity index (χ1v) is 7.68. The molecule has 0 aromatic carbocycles. The second kappa shape index (κ2) is 4.76. The monoisotopic (exact) mass is 285 g/mol. The Kier molecular flexibility index (Phi) is 2.87. The number of imidazole rings is 1. The number of rotatable bonds is 6. The highest BCUT2D eigenvalue weighted by Crippen LogP contribution is 2.49. The van der Waals surface area contributed by atoms with Crippen molar-refractivity contribution < 1.29 is 9.90 Å². The number of aromatic nitrogens is 2. The van der Waals surface area contributed by atoms with Crippen LogP contribution in [0.3, 0.4) is 0 Å². The van der Waals surface area contributed by atoms with Gasteiger partial charge in [0.05, 0.1) is 0 Å². The molecule has 5 nitrogen and oxygen atoms in total. The third-order valence-corrected chi connectivity index (χ3v) is 4.69. The molecule has 2 aliphatic carbocycles. The van der Waals surface area contributed by atoms with Crippen LogP contribution in [0.5, 0.6) is 0 Å². The van der Waals surface area contributed by atoms with Gasteiger partial charge in [0.1, 0.15) is 5.65 Å². The number of nitrogens with zero attached hydrogens (tertiary/aromatic N) is 2. The van der Waals surface area contributed by atoms with Gasteiger partial charge >= 0.3 is 5.97 Å². The van der Waals surface area contributed by atoms with E-state index in [9.17, 15) is 9.90 Å². The van der Waals surface area contributed by atoms with E-state index in [1.54, 1.807) is 10.6 Å². The third-order valence-electron chi connectivity index (χ3n) is 4.69. The van der Waals surface area contributed by atoms with Crippen molar-refractivity contribution in [2.75, 3.05) is 11.9 Å². The van der Waals surface area contributed by atoms with E-state index in [-0.39, 0.29) is 5.69 Å². The van der Waals surface area contributed by atoms with Gasteiger partial charge in [-0.05, 0) is 55.6 Å². The highest BCUT2D eigenvalue weighted by Gasteiger charge is 2.41. The molecule has 0 amide bonds. The predicted molar refractivity (Wildman–Crippen MR) is 79.6 cm³/mol. The molecule has 2 heterocycles. The van der Waals surface area contributed by atoms with Crippen LogP contribution >= 0.6 is 0 Å². The van der Waals surface area contributed by atoms with E-state index in [2.05, 4.69) is 10.3 Å². The third kappa shape index (κ3) is 2.37. The highest BCUT2D eigenvalue weighted by atomic mass is 16.4. The van der Waals surface area contributed by atoms with Crippen molar-refractivity contribution in [2.45, 2.75) is 25.7 Å². The smallest absolute Gasteiger partial charge is 0.356 e. The summed E-state index contributed by atoms with van der Waals surface area (Å²) in [5.41, 5.74) is 0.905. The first-order chi connectivity index (χ1) is 10.2. The lowest BCUT2D eigenvalue weighted by Crippen LogP contribution is -2.19. The molecule has 110 valence electrons. The average Bonchev–Trinajstić information content (AvgIpc) is 3.36. The number of aromatic carboxylic acids is 1. The minimum absolute atomic E-state index is 0.232. The van der Waals surface area contributed by atoms with Gasteiger partial charge in [-0.15, -0.1) is 0 Å². The lowest BCUT2D eigenvalue weighted by atomic mass is 9.98. The largest absolute Gasteiger partial charge is 0.476 e. The van der Waals surface area contributed by atoms with Crippen LogP contribution in [0.15, 0.2) is 24.4 Å². The molecule has 2 saturated carbocycles. The number of pyridine rings is 1. The van der Waals surface area contributed by atoms with E-state index in [1.165, 1.54) is 25.7 Å². The zero-order chi connectivity index (χ0) is 14.4. The van der Waals surface area contributed by atoms with E-state index in [0.29, 0.717) is 17.4 Å². The Morgan fingerprint density at radius 1 is 1.33 bits per heavy atom. The molecule has 0 atom stereocenters. The molecule has 0 unspecified atom stereocenters. The van der Waals surface area contributed by atoms with Crippen LogP contribution in [0.25, 0.3) is 5.65 Å². The lowest BCUT2D eigenvalue weighted by Gasteiger charge is -2.16. The van der Waals surface area contributed by atoms with E-state index in [0.717, 1.165) is 18.4 Å². The topological polar surface area (TPSA) is 66.6 Å². The lowest BCUT2D eigenvalue weighted by molar-refractivity contribution is 0.0690. The second-order valence-electron chi connectivity index (χ2n) is 6.26. The van der Waals surface area contributed by atoms with Gasteiger partial charge in [0.25, 0.3) is 0 Å². The molecule has 2 aliphatic rings. The number of hydrogen-bond donors (Lipinski definition) is 2. The fourth-order valence-electron chi connectivity index (χ4n) is 3.30. The number of fused-ring (bicyclic) bond motifs is 1. The fraction of sp³-hybridized carbons (Fsp3) is 0.500. The average molecular weight is 285 g/mol. The SMILES string of the molecule is O=C(O)c1c(NCC(C2CC2)C2CC2)nc2ccccn12. The van der Waals surface area contributed by atoms with Crippen molar-refractivity contribution in [3.8, 4) is 0 Å².